The lowest BCUT2D eigenvalue weighted by molar-refractivity contribution is 0.0432. The van der Waals surface area contributed by atoms with Crippen molar-refractivity contribution in [2.45, 2.75) is 13.2 Å². The summed E-state index contributed by atoms with van der Waals surface area (Å²) in [6.45, 7) is 0.412. The van der Waals surface area contributed by atoms with Gasteiger partial charge in [-0.05, 0) is 42.0 Å². The lowest BCUT2D eigenvalue weighted by atomic mass is 10.2. The predicted molar refractivity (Wildman–Crippen MR) is 91.6 cm³/mol. The molecule has 0 amide bonds. The van der Waals surface area contributed by atoms with Gasteiger partial charge in [-0.25, -0.2) is 4.79 Å². The number of rotatable bonds is 7. The van der Waals surface area contributed by atoms with Gasteiger partial charge in [0.15, 0.2) is 0 Å². The molecule has 0 spiro atoms. The van der Waals surface area contributed by atoms with Crippen molar-refractivity contribution in [3.63, 3.8) is 0 Å². The van der Waals surface area contributed by atoms with Crippen molar-refractivity contribution in [1.29, 1.82) is 0 Å². The van der Waals surface area contributed by atoms with Gasteiger partial charge >= 0.3 is 5.97 Å². The Bertz CT molecular complexity index is 806. The Morgan fingerprint density at radius 3 is 2.36 bits per heavy atom. The minimum absolute atomic E-state index is 0.153. The van der Waals surface area contributed by atoms with Gasteiger partial charge in [0.25, 0.3) is 0 Å². The summed E-state index contributed by atoms with van der Waals surface area (Å²) in [6.07, 6.45) is 0. The topological polar surface area (TPSA) is 57.9 Å². The summed E-state index contributed by atoms with van der Waals surface area (Å²) >= 11 is 0. The Morgan fingerprint density at radius 1 is 0.880 bits per heavy atom. The van der Waals surface area contributed by atoms with Gasteiger partial charge in [-0.3, -0.25) is 0 Å². The number of carbonyl (C=O) groups is 1. The highest BCUT2D eigenvalue weighted by Gasteiger charge is 2.13. The molecule has 2 aromatic carbocycles. The fourth-order valence-electron chi connectivity index (χ4n) is 2.18. The van der Waals surface area contributed by atoms with E-state index < -0.39 is 5.97 Å². The largest absolute Gasteiger partial charge is 0.497 e. The Hall–Kier alpha value is -3.21. The number of carbonyl (C=O) groups excluding carboxylic acids is 1. The van der Waals surface area contributed by atoms with Gasteiger partial charge in [0.2, 0.25) is 5.76 Å². The zero-order chi connectivity index (χ0) is 17.5. The zero-order valence-electron chi connectivity index (χ0n) is 13.8. The molecule has 5 nitrogen and oxygen atoms in total. The van der Waals surface area contributed by atoms with E-state index >= 15 is 0 Å². The van der Waals surface area contributed by atoms with Crippen molar-refractivity contribution < 1.29 is 23.4 Å². The van der Waals surface area contributed by atoms with E-state index in [0.29, 0.717) is 5.76 Å². The molecule has 3 aromatic rings. The molecule has 3 rings (SSSR count). The number of ether oxygens (including phenoxy) is 3. The lowest BCUT2D eigenvalue weighted by Crippen LogP contribution is -2.04. The fourth-order valence-corrected chi connectivity index (χ4v) is 2.18. The Morgan fingerprint density at radius 2 is 1.64 bits per heavy atom. The molecule has 0 aliphatic carbocycles. The van der Waals surface area contributed by atoms with Crippen molar-refractivity contribution in [1.82, 2.24) is 0 Å². The maximum atomic E-state index is 12.0. The molecule has 1 aromatic heterocycles. The van der Waals surface area contributed by atoms with Crippen LogP contribution >= 0.6 is 0 Å². The van der Waals surface area contributed by atoms with Gasteiger partial charge < -0.3 is 18.6 Å². The number of hydrogen-bond acceptors (Lipinski definition) is 5. The first-order valence-electron chi connectivity index (χ1n) is 7.81. The Balaban J connectivity index is 1.51. The molecular weight excluding hydrogens is 320 g/mol. The van der Waals surface area contributed by atoms with Crippen LogP contribution in [0.15, 0.2) is 71.1 Å². The minimum Gasteiger partial charge on any atom is -0.497 e. The molecule has 5 heteroatoms. The molecule has 0 bridgehead atoms. The normalized spacial score (nSPS) is 10.3. The Labute approximate surface area is 145 Å². The van der Waals surface area contributed by atoms with Crippen LogP contribution in [0, 0.1) is 0 Å². The average Bonchev–Trinajstić information content (AvgIpc) is 3.15. The van der Waals surface area contributed by atoms with Crippen LogP contribution in [0.3, 0.4) is 0 Å². The summed E-state index contributed by atoms with van der Waals surface area (Å²) in [4.78, 5) is 12.0. The lowest BCUT2D eigenvalue weighted by Gasteiger charge is -2.05. The number of esters is 1. The second-order valence-corrected chi connectivity index (χ2v) is 5.29. The Kier molecular flexibility index (Phi) is 5.36. The zero-order valence-corrected chi connectivity index (χ0v) is 13.8. The molecule has 128 valence electrons. The summed E-state index contributed by atoms with van der Waals surface area (Å²) in [5.74, 6) is 1.69. The van der Waals surface area contributed by atoms with E-state index in [4.69, 9.17) is 18.6 Å². The quantitative estimate of drug-likeness (QED) is 0.604. The van der Waals surface area contributed by atoms with Crippen LogP contribution in [0.1, 0.15) is 21.9 Å². The van der Waals surface area contributed by atoms with Gasteiger partial charge in [-0.2, -0.15) is 0 Å². The molecular formula is C20H18O5. The minimum atomic E-state index is -0.512. The number of benzene rings is 2. The number of methoxy groups -OCH3 is 1. The standard InChI is InChI=1S/C20H18O5/c1-22-16-9-7-15(8-10-16)13-24-20(21)19-12-11-18(25-19)14-23-17-5-3-2-4-6-17/h2-12H,13-14H2,1H3. The number of furan rings is 1. The van der Waals surface area contributed by atoms with Crippen LogP contribution < -0.4 is 9.47 Å². The third-order valence-corrected chi connectivity index (χ3v) is 3.52. The highest BCUT2D eigenvalue weighted by molar-refractivity contribution is 5.86. The monoisotopic (exact) mass is 338 g/mol. The van der Waals surface area contributed by atoms with Crippen molar-refractivity contribution >= 4 is 5.97 Å². The smallest absolute Gasteiger partial charge is 0.374 e. The van der Waals surface area contributed by atoms with E-state index in [1.807, 2.05) is 54.6 Å². The van der Waals surface area contributed by atoms with Gasteiger partial charge in [0, 0.05) is 0 Å². The summed E-state index contributed by atoms with van der Waals surface area (Å²) in [7, 11) is 1.60. The maximum absolute atomic E-state index is 12.0. The molecule has 0 saturated carbocycles. The van der Waals surface area contributed by atoms with Crippen LogP contribution in [0.2, 0.25) is 0 Å². The molecule has 0 radical (unpaired) electrons. The third-order valence-electron chi connectivity index (χ3n) is 3.52. The second kappa shape index (κ2) is 8.06. The van der Waals surface area contributed by atoms with E-state index in [1.165, 1.54) is 0 Å². The summed E-state index contributed by atoms with van der Waals surface area (Å²) in [5, 5.41) is 0. The predicted octanol–water partition coefficient (Wildman–Crippen LogP) is 4.22. The average molecular weight is 338 g/mol. The van der Waals surface area contributed by atoms with Crippen molar-refractivity contribution in [3.8, 4) is 11.5 Å². The molecule has 0 aliphatic heterocycles. The first kappa shape index (κ1) is 16.6. The molecule has 0 aliphatic rings. The first-order valence-corrected chi connectivity index (χ1v) is 7.81. The van der Waals surface area contributed by atoms with Gasteiger partial charge in [0.05, 0.1) is 7.11 Å². The van der Waals surface area contributed by atoms with E-state index in [1.54, 1.807) is 19.2 Å². The first-order chi connectivity index (χ1) is 12.2. The van der Waals surface area contributed by atoms with Crippen molar-refractivity contribution in [2.24, 2.45) is 0 Å². The van der Waals surface area contributed by atoms with E-state index in [0.717, 1.165) is 17.1 Å². The summed E-state index contributed by atoms with van der Waals surface area (Å²) in [6, 6.07) is 20.0. The summed E-state index contributed by atoms with van der Waals surface area (Å²) in [5.41, 5.74) is 0.869. The highest BCUT2D eigenvalue weighted by atomic mass is 16.5. The van der Waals surface area contributed by atoms with Gasteiger partial charge in [0.1, 0.15) is 30.5 Å². The molecule has 0 N–H and O–H groups in total. The van der Waals surface area contributed by atoms with Crippen molar-refractivity contribution in [2.75, 3.05) is 7.11 Å². The van der Waals surface area contributed by atoms with Crippen LogP contribution in [-0.4, -0.2) is 13.1 Å². The molecule has 1 heterocycles. The van der Waals surface area contributed by atoms with Gasteiger partial charge in [-0.1, -0.05) is 30.3 Å². The molecule has 0 unspecified atom stereocenters. The van der Waals surface area contributed by atoms with Crippen LogP contribution in [0.5, 0.6) is 11.5 Å². The maximum Gasteiger partial charge on any atom is 0.374 e. The SMILES string of the molecule is COc1ccc(COC(=O)c2ccc(COc3ccccc3)o2)cc1. The van der Waals surface area contributed by atoms with Crippen LogP contribution in [0.25, 0.3) is 0 Å². The van der Waals surface area contributed by atoms with Crippen LogP contribution in [0.4, 0.5) is 0 Å². The molecule has 25 heavy (non-hydrogen) atoms. The molecule has 0 atom stereocenters. The van der Waals surface area contributed by atoms with E-state index in [2.05, 4.69) is 0 Å². The number of para-hydroxylation sites is 1. The molecule has 0 fully saturated rings. The van der Waals surface area contributed by atoms with Gasteiger partial charge in [-0.15, -0.1) is 0 Å². The highest BCUT2D eigenvalue weighted by Crippen LogP contribution is 2.16. The summed E-state index contributed by atoms with van der Waals surface area (Å²) < 4.78 is 21.4. The van der Waals surface area contributed by atoms with E-state index in [9.17, 15) is 4.79 Å². The third kappa shape index (κ3) is 4.64. The number of hydrogen-bond donors (Lipinski definition) is 0. The second-order valence-electron chi connectivity index (χ2n) is 5.29. The fraction of sp³-hybridized carbons (Fsp3) is 0.150. The molecule has 0 saturated heterocycles. The van der Waals surface area contributed by atoms with Crippen molar-refractivity contribution in [3.05, 3.63) is 83.8 Å². The van der Waals surface area contributed by atoms with Crippen LogP contribution in [-0.2, 0) is 18.0 Å². The van der Waals surface area contributed by atoms with E-state index in [-0.39, 0.29) is 19.0 Å².